The molecule has 0 atom stereocenters. The standard InChI is InChI=1S/C16H20F3N3O2/c1-2-5-14(23)20-10-15(24)22-9-8-21(11-16(17,18)19)12-6-3-4-7-13(12)22/h3-4,6-7H,2,5,8-11H2,1H3,(H,20,23). The summed E-state index contributed by atoms with van der Waals surface area (Å²) in [6.07, 6.45) is -3.30. The molecule has 0 radical (unpaired) electrons. The lowest BCUT2D eigenvalue weighted by Gasteiger charge is -2.38. The van der Waals surface area contributed by atoms with E-state index in [0.717, 1.165) is 0 Å². The molecule has 2 amide bonds. The summed E-state index contributed by atoms with van der Waals surface area (Å²) in [6, 6.07) is 6.49. The van der Waals surface area contributed by atoms with E-state index >= 15 is 0 Å². The monoisotopic (exact) mass is 343 g/mol. The molecule has 8 heteroatoms. The fraction of sp³-hybridized carbons (Fsp3) is 0.500. The van der Waals surface area contributed by atoms with Gasteiger partial charge in [0, 0.05) is 19.5 Å². The molecule has 1 aliphatic rings. The highest BCUT2D eigenvalue weighted by molar-refractivity contribution is 6.00. The summed E-state index contributed by atoms with van der Waals surface area (Å²) in [5, 5.41) is 2.54. The van der Waals surface area contributed by atoms with Gasteiger partial charge in [0.05, 0.1) is 17.9 Å². The first-order valence-corrected chi connectivity index (χ1v) is 7.79. The van der Waals surface area contributed by atoms with Gasteiger partial charge in [0.2, 0.25) is 11.8 Å². The average Bonchev–Trinajstić information content (AvgIpc) is 2.52. The summed E-state index contributed by atoms with van der Waals surface area (Å²) >= 11 is 0. The molecule has 24 heavy (non-hydrogen) atoms. The zero-order valence-electron chi connectivity index (χ0n) is 13.4. The maximum absolute atomic E-state index is 12.7. The molecule has 0 aromatic heterocycles. The third-order valence-electron chi connectivity index (χ3n) is 3.69. The topological polar surface area (TPSA) is 52.7 Å². The quantitative estimate of drug-likeness (QED) is 0.893. The van der Waals surface area contributed by atoms with Crippen LogP contribution in [0.25, 0.3) is 0 Å². The minimum absolute atomic E-state index is 0.0885. The predicted molar refractivity (Wildman–Crippen MR) is 85.0 cm³/mol. The smallest absolute Gasteiger partial charge is 0.359 e. The molecule has 2 rings (SSSR count). The van der Waals surface area contributed by atoms with Crippen molar-refractivity contribution in [2.24, 2.45) is 0 Å². The number of alkyl halides is 3. The number of rotatable bonds is 5. The van der Waals surface area contributed by atoms with Crippen LogP contribution in [-0.2, 0) is 9.59 Å². The molecule has 5 nitrogen and oxygen atoms in total. The highest BCUT2D eigenvalue weighted by atomic mass is 19.4. The van der Waals surface area contributed by atoms with Crippen LogP contribution in [0.5, 0.6) is 0 Å². The van der Waals surface area contributed by atoms with Crippen molar-refractivity contribution in [1.29, 1.82) is 0 Å². The van der Waals surface area contributed by atoms with E-state index in [1.165, 1.54) is 9.80 Å². The Bertz CT molecular complexity index is 604. The van der Waals surface area contributed by atoms with Crippen LogP contribution in [0.2, 0.25) is 0 Å². The number of carbonyl (C=O) groups is 2. The molecule has 0 fully saturated rings. The van der Waals surface area contributed by atoms with Crippen LogP contribution in [0.15, 0.2) is 24.3 Å². The molecule has 0 saturated carbocycles. The summed E-state index contributed by atoms with van der Waals surface area (Å²) < 4.78 is 38.1. The van der Waals surface area contributed by atoms with E-state index in [0.29, 0.717) is 24.2 Å². The number of amides is 2. The van der Waals surface area contributed by atoms with Crippen LogP contribution in [0.3, 0.4) is 0 Å². The summed E-state index contributed by atoms with van der Waals surface area (Å²) in [5.41, 5.74) is 0.803. The largest absolute Gasteiger partial charge is 0.405 e. The van der Waals surface area contributed by atoms with Crippen molar-refractivity contribution in [2.75, 3.05) is 36.0 Å². The van der Waals surface area contributed by atoms with Gasteiger partial charge in [-0.25, -0.2) is 0 Å². The van der Waals surface area contributed by atoms with Crippen molar-refractivity contribution in [3.8, 4) is 0 Å². The molecule has 1 aromatic carbocycles. The molecular weight excluding hydrogens is 323 g/mol. The molecule has 0 saturated heterocycles. The van der Waals surface area contributed by atoms with E-state index < -0.39 is 12.7 Å². The SMILES string of the molecule is CCCC(=O)NCC(=O)N1CCN(CC(F)(F)F)c2ccccc21. The number of para-hydroxylation sites is 2. The van der Waals surface area contributed by atoms with Crippen molar-refractivity contribution in [1.82, 2.24) is 5.32 Å². The number of anilines is 2. The van der Waals surface area contributed by atoms with Crippen LogP contribution in [0.4, 0.5) is 24.5 Å². The van der Waals surface area contributed by atoms with Crippen LogP contribution in [0.1, 0.15) is 19.8 Å². The third kappa shape index (κ3) is 4.62. The lowest BCUT2D eigenvalue weighted by molar-refractivity contribution is -0.125. The minimum atomic E-state index is -4.31. The van der Waals surface area contributed by atoms with Gasteiger partial charge in [0.15, 0.2) is 0 Å². The fourth-order valence-corrected chi connectivity index (χ4v) is 2.65. The number of benzene rings is 1. The van der Waals surface area contributed by atoms with Crippen LogP contribution >= 0.6 is 0 Å². The molecular formula is C16H20F3N3O2. The van der Waals surface area contributed by atoms with Crippen molar-refractivity contribution in [3.63, 3.8) is 0 Å². The first-order valence-electron chi connectivity index (χ1n) is 7.79. The van der Waals surface area contributed by atoms with E-state index in [9.17, 15) is 22.8 Å². The number of carbonyl (C=O) groups excluding carboxylic acids is 2. The Labute approximate surface area is 138 Å². The normalized spacial score (nSPS) is 14.3. The Morgan fingerprint density at radius 1 is 1.17 bits per heavy atom. The Hall–Kier alpha value is -2.25. The van der Waals surface area contributed by atoms with E-state index in [4.69, 9.17) is 0 Å². The maximum atomic E-state index is 12.7. The lowest BCUT2D eigenvalue weighted by Crippen LogP contribution is -2.49. The third-order valence-corrected chi connectivity index (χ3v) is 3.69. The molecule has 1 N–H and O–H groups in total. The molecule has 0 aliphatic carbocycles. The summed E-state index contributed by atoms with van der Waals surface area (Å²) in [6.45, 7) is 0.879. The molecule has 0 unspecified atom stereocenters. The zero-order chi connectivity index (χ0) is 17.7. The number of hydrogen-bond acceptors (Lipinski definition) is 3. The second kappa shape index (κ2) is 7.55. The molecule has 1 heterocycles. The first kappa shape index (κ1) is 18.1. The van der Waals surface area contributed by atoms with Crippen molar-refractivity contribution in [2.45, 2.75) is 25.9 Å². The Morgan fingerprint density at radius 2 is 1.83 bits per heavy atom. The average molecular weight is 343 g/mol. The molecule has 132 valence electrons. The van der Waals surface area contributed by atoms with E-state index in [1.807, 2.05) is 6.92 Å². The minimum Gasteiger partial charge on any atom is -0.359 e. The summed E-state index contributed by atoms with van der Waals surface area (Å²) in [5.74, 6) is -0.548. The second-order valence-electron chi connectivity index (χ2n) is 5.60. The number of fused-ring (bicyclic) bond motifs is 1. The highest BCUT2D eigenvalue weighted by Gasteiger charge is 2.35. The second-order valence-corrected chi connectivity index (χ2v) is 5.60. The van der Waals surface area contributed by atoms with Gasteiger partial charge in [-0.3, -0.25) is 9.59 Å². The Morgan fingerprint density at radius 3 is 2.46 bits per heavy atom. The van der Waals surface area contributed by atoms with Gasteiger partial charge in [-0.1, -0.05) is 19.1 Å². The first-order chi connectivity index (χ1) is 11.3. The van der Waals surface area contributed by atoms with Crippen molar-refractivity contribution < 1.29 is 22.8 Å². The number of halogens is 3. The number of nitrogens with one attached hydrogen (secondary N) is 1. The van der Waals surface area contributed by atoms with E-state index in [1.54, 1.807) is 24.3 Å². The van der Waals surface area contributed by atoms with Crippen molar-refractivity contribution in [3.05, 3.63) is 24.3 Å². The summed E-state index contributed by atoms with van der Waals surface area (Å²) in [4.78, 5) is 26.4. The predicted octanol–water partition coefficient (Wildman–Crippen LogP) is 2.32. The van der Waals surface area contributed by atoms with Gasteiger partial charge in [0.1, 0.15) is 6.54 Å². The Kier molecular flexibility index (Phi) is 5.69. The van der Waals surface area contributed by atoms with E-state index in [-0.39, 0.29) is 31.4 Å². The molecule has 1 aliphatic heterocycles. The van der Waals surface area contributed by atoms with Gasteiger partial charge in [-0.05, 0) is 18.6 Å². The van der Waals surface area contributed by atoms with Crippen LogP contribution < -0.4 is 15.1 Å². The van der Waals surface area contributed by atoms with Gasteiger partial charge < -0.3 is 15.1 Å². The molecule has 0 bridgehead atoms. The van der Waals surface area contributed by atoms with Gasteiger partial charge >= 0.3 is 6.18 Å². The van der Waals surface area contributed by atoms with Gasteiger partial charge in [-0.15, -0.1) is 0 Å². The van der Waals surface area contributed by atoms with Crippen LogP contribution in [-0.4, -0.2) is 44.2 Å². The fourth-order valence-electron chi connectivity index (χ4n) is 2.65. The van der Waals surface area contributed by atoms with Gasteiger partial charge in [-0.2, -0.15) is 13.2 Å². The summed E-state index contributed by atoms with van der Waals surface area (Å²) in [7, 11) is 0. The van der Waals surface area contributed by atoms with Crippen molar-refractivity contribution >= 4 is 23.2 Å². The van der Waals surface area contributed by atoms with Crippen LogP contribution in [0, 0.1) is 0 Å². The highest BCUT2D eigenvalue weighted by Crippen LogP contribution is 2.34. The van der Waals surface area contributed by atoms with E-state index in [2.05, 4.69) is 5.32 Å². The zero-order valence-corrected chi connectivity index (χ0v) is 13.4. The maximum Gasteiger partial charge on any atom is 0.405 e. The molecule has 0 spiro atoms. The molecule has 1 aromatic rings. The Balaban J connectivity index is 2.11. The lowest BCUT2D eigenvalue weighted by atomic mass is 10.1. The number of hydrogen-bond donors (Lipinski definition) is 1. The van der Waals surface area contributed by atoms with Gasteiger partial charge in [0.25, 0.3) is 0 Å². The number of nitrogens with zero attached hydrogens (tertiary/aromatic N) is 2.